The highest BCUT2D eigenvalue weighted by Gasteiger charge is 2.19. The van der Waals surface area contributed by atoms with Crippen molar-refractivity contribution in [1.29, 1.82) is 0 Å². The van der Waals surface area contributed by atoms with Crippen molar-refractivity contribution in [1.82, 2.24) is 24.9 Å². The topological polar surface area (TPSA) is 81.7 Å². The zero-order valence-electron chi connectivity index (χ0n) is 12.0. The summed E-state index contributed by atoms with van der Waals surface area (Å²) < 4.78 is 20.9. The summed E-state index contributed by atoms with van der Waals surface area (Å²) in [5.41, 5.74) is 0.406. The van der Waals surface area contributed by atoms with Crippen LogP contribution in [0.25, 0.3) is 11.7 Å². The molecule has 0 bridgehead atoms. The molecule has 118 valence electrons. The Morgan fingerprint density at radius 1 is 1.35 bits per heavy atom. The van der Waals surface area contributed by atoms with Crippen LogP contribution in [0.15, 0.2) is 22.7 Å². The molecule has 0 amide bonds. The second kappa shape index (κ2) is 5.62. The van der Waals surface area contributed by atoms with E-state index in [0.29, 0.717) is 23.2 Å². The maximum atomic E-state index is 13.9. The molecule has 23 heavy (non-hydrogen) atoms. The number of benzene rings is 1. The van der Waals surface area contributed by atoms with Gasteiger partial charge in [0.25, 0.3) is 5.89 Å². The maximum Gasteiger partial charge on any atom is 0.297 e. The van der Waals surface area contributed by atoms with E-state index in [2.05, 4.69) is 25.5 Å². The zero-order chi connectivity index (χ0) is 15.8. The van der Waals surface area contributed by atoms with Crippen molar-refractivity contribution in [2.75, 3.05) is 11.9 Å². The van der Waals surface area contributed by atoms with Gasteiger partial charge in [0, 0.05) is 19.5 Å². The van der Waals surface area contributed by atoms with Crippen LogP contribution in [0.2, 0.25) is 5.02 Å². The Morgan fingerprint density at radius 3 is 3.13 bits per heavy atom. The first-order valence-corrected chi connectivity index (χ1v) is 7.53. The Kier molecular flexibility index (Phi) is 3.45. The number of aromatic nitrogens is 5. The summed E-state index contributed by atoms with van der Waals surface area (Å²) in [6, 6.07) is 4.81. The van der Waals surface area contributed by atoms with E-state index in [0.717, 1.165) is 19.5 Å². The molecular formula is C14H12ClFN6O. The first kappa shape index (κ1) is 14.1. The van der Waals surface area contributed by atoms with Crippen molar-refractivity contribution in [3.63, 3.8) is 0 Å². The number of fused-ring (bicyclic) bond motifs is 1. The van der Waals surface area contributed by atoms with Crippen LogP contribution in [0, 0.1) is 5.82 Å². The minimum absolute atomic E-state index is 0.0701. The third kappa shape index (κ3) is 2.65. The molecule has 4 rings (SSSR count). The van der Waals surface area contributed by atoms with Crippen LogP contribution in [0.5, 0.6) is 0 Å². The van der Waals surface area contributed by atoms with Crippen LogP contribution >= 0.6 is 11.6 Å². The number of halogens is 2. The van der Waals surface area contributed by atoms with Gasteiger partial charge in [-0.2, -0.15) is 9.97 Å². The summed E-state index contributed by atoms with van der Waals surface area (Å²) in [6.45, 7) is 1.66. The summed E-state index contributed by atoms with van der Waals surface area (Å²) in [5, 5.41) is 11.4. The molecule has 1 aliphatic heterocycles. The largest absolute Gasteiger partial charge is 0.354 e. The molecule has 9 heteroatoms. The van der Waals surface area contributed by atoms with Gasteiger partial charge in [0.2, 0.25) is 11.8 Å². The Morgan fingerprint density at radius 2 is 2.26 bits per heavy atom. The summed E-state index contributed by atoms with van der Waals surface area (Å²) in [5.74, 6) is 1.14. The number of hydrogen-bond acceptors (Lipinski definition) is 6. The van der Waals surface area contributed by atoms with Crippen molar-refractivity contribution in [2.24, 2.45) is 0 Å². The number of aryl methyl sites for hydroxylation is 1. The van der Waals surface area contributed by atoms with Gasteiger partial charge in [0.1, 0.15) is 5.82 Å². The van der Waals surface area contributed by atoms with Crippen LogP contribution in [0.4, 0.5) is 10.3 Å². The van der Waals surface area contributed by atoms with E-state index in [1.807, 2.05) is 0 Å². The molecule has 0 unspecified atom stereocenters. The molecule has 0 fully saturated rings. The quantitative estimate of drug-likeness (QED) is 0.792. The lowest BCUT2D eigenvalue weighted by Crippen LogP contribution is -2.17. The van der Waals surface area contributed by atoms with Crippen LogP contribution in [0.3, 0.4) is 0 Å². The van der Waals surface area contributed by atoms with Gasteiger partial charge in [-0.05, 0) is 18.1 Å². The number of rotatable bonds is 3. The molecule has 3 heterocycles. The van der Waals surface area contributed by atoms with Crippen LogP contribution in [0.1, 0.15) is 17.8 Å². The molecule has 3 aromatic rings. The van der Waals surface area contributed by atoms with Gasteiger partial charge in [-0.1, -0.05) is 28.9 Å². The van der Waals surface area contributed by atoms with E-state index < -0.39 is 5.82 Å². The predicted molar refractivity (Wildman–Crippen MR) is 80.6 cm³/mol. The molecule has 0 spiro atoms. The van der Waals surface area contributed by atoms with E-state index in [1.54, 1.807) is 16.8 Å². The molecule has 0 saturated heterocycles. The lowest BCUT2D eigenvalue weighted by Gasteiger charge is -2.12. The smallest absolute Gasteiger partial charge is 0.297 e. The third-order valence-corrected chi connectivity index (χ3v) is 3.83. The van der Waals surface area contributed by atoms with Gasteiger partial charge in [-0.25, -0.2) is 9.07 Å². The number of nitrogens with zero attached hydrogens (tertiary/aromatic N) is 5. The van der Waals surface area contributed by atoms with Crippen molar-refractivity contribution < 1.29 is 8.91 Å². The summed E-state index contributed by atoms with van der Waals surface area (Å²) in [6.07, 6.45) is 1.17. The highest BCUT2D eigenvalue weighted by Crippen LogP contribution is 2.22. The third-order valence-electron chi connectivity index (χ3n) is 3.54. The Labute approximate surface area is 135 Å². The lowest BCUT2D eigenvalue weighted by atomic mass is 10.1. The molecule has 0 saturated carbocycles. The minimum Gasteiger partial charge on any atom is -0.354 e. The fourth-order valence-electron chi connectivity index (χ4n) is 2.42. The van der Waals surface area contributed by atoms with Crippen molar-refractivity contribution in [3.8, 4) is 11.7 Å². The van der Waals surface area contributed by atoms with Gasteiger partial charge >= 0.3 is 0 Å². The molecule has 1 N–H and O–H groups in total. The van der Waals surface area contributed by atoms with Gasteiger partial charge in [0.05, 0.1) is 5.02 Å². The van der Waals surface area contributed by atoms with Gasteiger partial charge < -0.3 is 9.84 Å². The van der Waals surface area contributed by atoms with E-state index in [9.17, 15) is 4.39 Å². The SMILES string of the molecule is Fc1c(Cl)cccc1Cc1noc(-c2nc3n(n2)CCCN3)n1. The molecular weight excluding hydrogens is 323 g/mol. The van der Waals surface area contributed by atoms with Crippen LogP contribution < -0.4 is 5.32 Å². The van der Waals surface area contributed by atoms with Gasteiger partial charge in [0.15, 0.2) is 5.82 Å². The lowest BCUT2D eigenvalue weighted by molar-refractivity contribution is 0.420. The fraction of sp³-hybridized carbons (Fsp3) is 0.286. The van der Waals surface area contributed by atoms with E-state index >= 15 is 0 Å². The van der Waals surface area contributed by atoms with E-state index in [-0.39, 0.29) is 17.3 Å². The second-order valence-electron chi connectivity index (χ2n) is 5.17. The molecule has 7 nitrogen and oxygen atoms in total. The van der Waals surface area contributed by atoms with Crippen LogP contribution in [-0.2, 0) is 13.0 Å². The number of hydrogen-bond donors (Lipinski definition) is 1. The Balaban J connectivity index is 1.59. The second-order valence-corrected chi connectivity index (χ2v) is 5.58. The van der Waals surface area contributed by atoms with E-state index in [1.165, 1.54) is 6.07 Å². The standard InChI is InChI=1S/C14H12ClFN6O/c15-9-4-1-3-8(11(9)16)7-10-18-13(23-21-10)12-19-14-17-5-2-6-22(14)20-12/h1,3-4H,2,5-7H2,(H,17,19,20). The maximum absolute atomic E-state index is 13.9. The first-order valence-electron chi connectivity index (χ1n) is 7.15. The monoisotopic (exact) mass is 334 g/mol. The minimum atomic E-state index is -0.472. The molecule has 0 atom stereocenters. The normalized spacial score (nSPS) is 13.7. The highest BCUT2D eigenvalue weighted by molar-refractivity contribution is 6.30. The summed E-state index contributed by atoms with van der Waals surface area (Å²) in [4.78, 5) is 8.56. The van der Waals surface area contributed by atoms with Crippen molar-refractivity contribution >= 4 is 17.5 Å². The molecule has 1 aromatic carbocycles. The molecule has 2 aromatic heterocycles. The average Bonchev–Trinajstić information content (AvgIpc) is 3.18. The van der Waals surface area contributed by atoms with Gasteiger partial charge in [-0.15, -0.1) is 5.10 Å². The zero-order valence-corrected chi connectivity index (χ0v) is 12.7. The summed E-state index contributed by atoms with van der Waals surface area (Å²) >= 11 is 5.77. The van der Waals surface area contributed by atoms with Crippen molar-refractivity contribution in [3.05, 3.63) is 40.4 Å². The van der Waals surface area contributed by atoms with Crippen molar-refractivity contribution in [2.45, 2.75) is 19.4 Å². The first-order chi connectivity index (χ1) is 11.2. The highest BCUT2D eigenvalue weighted by atomic mass is 35.5. The molecule has 1 aliphatic rings. The van der Waals surface area contributed by atoms with Gasteiger partial charge in [-0.3, -0.25) is 0 Å². The number of nitrogens with one attached hydrogen (secondary N) is 1. The van der Waals surface area contributed by atoms with E-state index in [4.69, 9.17) is 16.1 Å². The fourth-order valence-corrected chi connectivity index (χ4v) is 2.61. The number of anilines is 1. The summed E-state index contributed by atoms with van der Waals surface area (Å²) in [7, 11) is 0. The predicted octanol–water partition coefficient (Wildman–Crippen LogP) is 2.53. The average molecular weight is 335 g/mol. The molecule has 0 radical (unpaired) electrons. The molecule has 0 aliphatic carbocycles. The van der Waals surface area contributed by atoms with Crippen LogP contribution in [-0.4, -0.2) is 31.4 Å². The Hall–Kier alpha value is -2.48. The Bertz CT molecular complexity index is 837.